The molecule has 5 nitrogen and oxygen atoms in total. The maximum absolute atomic E-state index is 11.3. The van der Waals surface area contributed by atoms with Crippen LogP contribution in [0.3, 0.4) is 0 Å². The number of carbonyl (C=O) groups is 1. The fraction of sp³-hybridized carbons (Fsp3) is 0.368. The molecule has 1 atom stereocenters. The lowest BCUT2D eigenvalue weighted by atomic mass is 10.1. The molecule has 1 unspecified atom stereocenters. The molecule has 1 fully saturated rings. The van der Waals surface area contributed by atoms with Crippen LogP contribution in [0.4, 0.5) is 5.82 Å². The Morgan fingerprint density at radius 1 is 1.28 bits per heavy atom. The molecule has 1 aliphatic rings. The van der Waals surface area contributed by atoms with Crippen molar-refractivity contribution in [3.05, 3.63) is 58.7 Å². The first-order chi connectivity index (χ1) is 12.0. The number of halogens is 1. The van der Waals surface area contributed by atoms with Gasteiger partial charge < -0.3 is 10.6 Å². The Hall–Kier alpha value is -2.11. The molecule has 0 radical (unpaired) electrons. The minimum atomic E-state index is -0.514. The van der Waals surface area contributed by atoms with E-state index < -0.39 is 5.91 Å². The van der Waals surface area contributed by atoms with Gasteiger partial charge in [0.1, 0.15) is 5.82 Å². The van der Waals surface area contributed by atoms with E-state index in [0.29, 0.717) is 16.6 Å². The Morgan fingerprint density at radius 2 is 2.04 bits per heavy atom. The van der Waals surface area contributed by atoms with Gasteiger partial charge in [0.05, 0.1) is 10.6 Å². The zero-order chi connectivity index (χ0) is 17.8. The number of nitrogens with two attached hydrogens (primary N) is 1. The number of carbonyl (C=O) groups excluding carboxylic acids is 1. The summed E-state index contributed by atoms with van der Waals surface area (Å²) < 4.78 is 0. The van der Waals surface area contributed by atoms with Crippen LogP contribution in [-0.2, 0) is 6.54 Å². The van der Waals surface area contributed by atoms with Gasteiger partial charge in [-0.2, -0.15) is 0 Å². The highest BCUT2D eigenvalue weighted by molar-refractivity contribution is 6.33. The predicted molar refractivity (Wildman–Crippen MR) is 101 cm³/mol. The lowest BCUT2D eigenvalue weighted by molar-refractivity contribution is 0.1000. The first-order valence-electron chi connectivity index (χ1n) is 8.53. The van der Waals surface area contributed by atoms with E-state index in [1.807, 2.05) is 6.07 Å². The minimum Gasteiger partial charge on any atom is -0.366 e. The number of hydrogen-bond donors (Lipinski definition) is 1. The van der Waals surface area contributed by atoms with Crippen molar-refractivity contribution in [2.45, 2.75) is 25.9 Å². The zero-order valence-corrected chi connectivity index (χ0v) is 15.1. The van der Waals surface area contributed by atoms with E-state index in [2.05, 4.69) is 46.0 Å². The normalized spacial score (nSPS) is 18.8. The molecule has 25 heavy (non-hydrogen) atoms. The summed E-state index contributed by atoms with van der Waals surface area (Å²) in [6.07, 6.45) is 2.53. The van der Waals surface area contributed by atoms with Gasteiger partial charge in [-0.3, -0.25) is 9.69 Å². The summed E-state index contributed by atoms with van der Waals surface area (Å²) in [4.78, 5) is 20.3. The topological polar surface area (TPSA) is 62.5 Å². The van der Waals surface area contributed by atoms with E-state index in [4.69, 9.17) is 17.3 Å². The van der Waals surface area contributed by atoms with Crippen molar-refractivity contribution < 1.29 is 4.79 Å². The molecule has 1 aromatic heterocycles. The lowest BCUT2D eigenvalue weighted by Crippen LogP contribution is -2.34. The van der Waals surface area contributed by atoms with Gasteiger partial charge in [0.2, 0.25) is 5.91 Å². The van der Waals surface area contributed by atoms with E-state index in [9.17, 15) is 4.79 Å². The molecule has 2 aromatic rings. The minimum absolute atomic E-state index is 0.336. The van der Waals surface area contributed by atoms with Gasteiger partial charge in [-0.15, -0.1) is 0 Å². The molecule has 132 valence electrons. The molecule has 0 spiro atoms. The quantitative estimate of drug-likeness (QED) is 0.912. The Bertz CT molecular complexity index is 737. The Balaban J connectivity index is 1.71. The van der Waals surface area contributed by atoms with Crippen LogP contribution in [0, 0.1) is 0 Å². The van der Waals surface area contributed by atoms with E-state index in [1.54, 1.807) is 6.07 Å². The number of pyridine rings is 1. The summed E-state index contributed by atoms with van der Waals surface area (Å²) in [5.74, 6) is 0.208. The summed E-state index contributed by atoms with van der Waals surface area (Å²) in [5.41, 5.74) is 6.95. The van der Waals surface area contributed by atoms with Crippen molar-refractivity contribution in [1.29, 1.82) is 0 Å². The second-order valence-electron chi connectivity index (χ2n) is 6.47. The molecule has 0 saturated carbocycles. The molecule has 1 aliphatic heterocycles. The Kier molecular flexibility index (Phi) is 5.56. The van der Waals surface area contributed by atoms with Crippen molar-refractivity contribution in [2.24, 2.45) is 5.73 Å². The maximum Gasteiger partial charge on any atom is 0.250 e. The third kappa shape index (κ3) is 4.30. The van der Waals surface area contributed by atoms with Crippen molar-refractivity contribution in [3.8, 4) is 0 Å². The molecule has 1 saturated heterocycles. The van der Waals surface area contributed by atoms with Crippen LogP contribution < -0.4 is 10.6 Å². The van der Waals surface area contributed by atoms with E-state index in [-0.39, 0.29) is 0 Å². The van der Waals surface area contributed by atoms with Gasteiger partial charge in [-0.25, -0.2) is 4.98 Å². The van der Waals surface area contributed by atoms with E-state index in [0.717, 1.165) is 38.4 Å². The molecule has 0 aliphatic carbocycles. The van der Waals surface area contributed by atoms with Crippen molar-refractivity contribution in [1.82, 2.24) is 9.88 Å². The highest BCUT2D eigenvalue weighted by atomic mass is 35.5. The van der Waals surface area contributed by atoms with Gasteiger partial charge in [0, 0.05) is 38.4 Å². The molecule has 0 bridgehead atoms. The monoisotopic (exact) mass is 358 g/mol. The van der Waals surface area contributed by atoms with Crippen molar-refractivity contribution in [3.63, 3.8) is 0 Å². The fourth-order valence-corrected chi connectivity index (χ4v) is 3.46. The molecular formula is C19H23ClN4O. The fourth-order valence-electron chi connectivity index (χ4n) is 3.17. The van der Waals surface area contributed by atoms with E-state index >= 15 is 0 Å². The van der Waals surface area contributed by atoms with Crippen LogP contribution in [0.25, 0.3) is 0 Å². The molecule has 2 N–H and O–H groups in total. The number of amides is 1. The molecular weight excluding hydrogens is 336 g/mol. The van der Waals surface area contributed by atoms with Crippen molar-refractivity contribution >= 4 is 23.3 Å². The van der Waals surface area contributed by atoms with Gasteiger partial charge in [-0.1, -0.05) is 41.9 Å². The first-order valence-corrected chi connectivity index (χ1v) is 8.90. The number of aromatic nitrogens is 1. The molecule has 6 heteroatoms. The second kappa shape index (κ2) is 7.85. The maximum atomic E-state index is 11.3. The van der Waals surface area contributed by atoms with E-state index in [1.165, 1.54) is 11.8 Å². The summed E-state index contributed by atoms with van der Waals surface area (Å²) in [6, 6.07) is 12.6. The van der Waals surface area contributed by atoms with Crippen LogP contribution in [0.2, 0.25) is 5.02 Å². The third-order valence-electron chi connectivity index (χ3n) is 4.73. The second-order valence-corrected chi connectivity index (χ2v) is 6.88. The summed E-state index contributed by atoms with van der Waals surface area (Å²) in [5, 5.41) is 0.473. The number of rotatable bonds is 4. The third-order valence-corrected chi connectivity index (χ3v) is 5.01. The Morgan fingerprint density at radius 3 is 2.72 bits per heavy atom. The van der Waals surface area contributed by atoms with Gasteiger partial charge in [0.25, 0.3) is 0 Å². The number of benzene rings is 1. The highest BCUT2D eigenvalue weighted by Crippen LogP contribution is 2.26. The van der Waals surface area contributed by atoms with Gasteiger partial charge >= 0.3 is 0 Å². The summed E-state index contributed by atoms with van der Waals surface area (Å²) >= 11 is 6.34. The average Bonchev–Trinajstić information content (AvgIpc) is 2.78. The SMILES string of the molecule is CC1CCN(c2ncc(C(N)=O)cc2Cl)CCN1Cc1ccccc1. The van der Waals surface area contributed by atoms with Gasteiger partial charge in [-0.05, 0) is 25.0 Å². The van der Waals surface area contributed by atoms with Crippen molar-refractivity contribution in [2.75, 3.05) is 24.5 Å². The van der Waals surface area contributed by atoms with Crippen LogP contribution >= 0.6 is 11.6 Å². The zero-order valence-electron chi connectivity index (χ0n) is 14.4. The van der Waals surface area contributed by atoms with Crippen LogP contribution in [0.1, 0.15) is 29.3 Å². The molecule has 1 aromatic carbocycles. The Labute approximate surface area is 153 Å². The summed E-state index contributed by atoms with van der Waals surface area (Å²) in [6.45, 7) is 5.87. The van der Waals surface area contributed by atoms with Crippen LogP contribution in [0.15, 0.2) is 42.6 Å². The van der Waals surface area contributed by atoms with Crippen LogP contribution in [0.5, 0.6) is 0 Å². The standard InChI is InChI=1S/C19H23ClN4O/c1-14-7-8-23(19-17(20)11-16(12-22-19)18(21)25)9-10-24(14)13-15-5-3-2-4-6-15/h2-6,11-12,14H,7-10,13H2,1H3,(H2,21,25). The first kappa shape index (κ1) is 17.7. The largest absolute Gasteiger partial charge is 0.366 e. The predicted octanol–water partition coefficient (Wildman–Crippen LogP) is 2.93. The number of anilines is 1. The lowest BCUT2D eigenvalue weighted by Gasteiger charge is -2.26. The average molecular weight is 359 g/mol. The number of primary amides is 1. The molecule has 1 amide bonds. The molecule has 3 rings (SSSR count). The van der Waals surface area contributed by atoms with Crippen LogP contribution in [-0.4, -0.2) is 41.5 Å². The van der Waals surface area contributed by atoms with Gasteiger partial charge in [0.15, 0.2) is 0 Å². The smallest absolute Gasteiger partial charge is 0.250 e. The molecule has 2 heterocycles. The highest BCUT2D eigenvalue weighted by Gasteiger charge is 2.23. The number of hydrogen-bond acceptors (Lipinski definition) is 4. The number of nitrogens with zero attached hydrogens (tertiary/aromatic N) is 3. The summed E-state index contributed by atoms with van der Waals surface area (Å²) in [7, 11) is 0.